The average molecular weight is 470 g/mol. The summed E-state index contributed by atoms with van der Waals surface area (Å²) < 4.78 is 0. The molecule has 3 fully saturated rings. The molecule has 0 spiro atoms. The predicted molar refractivity (Wildman–Crippen MR) is 129 cm³/mol. The van der Waals surface area contributed by atoms with Crippen LogP contribution in [0.2, 0.25) is 0 Å². The number of hydrogen-bond acceptors (Lipinski definition) is 5. The first kappa shape index (κ1) is 24.6. The van der Waals surface area contributed by atoms with E-state index in [0.29, 0.717) is 11.8 Å². The molecule has 1 saturated heterocycles. The number of carbonyl (C=O) groups excluding carboxylic acids is 3. The predicted octanol–water partition coefficient (Wildman–Crippen LogP) is 2.94. The van der Waals surface area contributed by atoms with E-state index in [4.69, 9.17) is 0 Å². The standard InChI is InChI=1S/C26H39N5O3/c1-26(2,3)22(25(34)31-15-18-10-7-11-19(18)16-31)30-24(33)21(17-8-5-4-6-9-17)29-23(32)20-14-27-12-13-28-20/h12-14,17-19,21-22H,4-11,15-16H2,1-3H3,(H,29,32)(H,30,33). The Bertz CT molecular complexity index is 866. The SMILES string of the molecule is CC(C)(C)C(NC(=O)C(NC(=O)c1cnccn1)C1CCCCC1)C(=O)N1CC2CCCC2C1. The second-order valence-electron chi connectivity index (χ2n) is 11.4. The van der Waals surface area contributed by atoms with Crippen LogP contribution in [-0.2, 0) is 9.59 Å². The average Bonchev–Trinajstić information content (AvgIpc) is 3.43. The smallest absolute Gasteiger partial charge is 0.272 e. The van der Waals surface area contributed by atoms with Gasteiger partial charge in [-0.2, -0.15) is 0 Å². The molecule has 0 aromatic carbocycles. The van der Waals surface area contributed by atoms with E-state index in [1.165, 1.54) is 37.9 Å². The van der Waals surface area contributed by atoms with E-state index < -0.39 is 23.4 Å². The molecule has 3 amide bonds. The summed E-state index contributed by atoms with van der Waals surface area (Å²) in [5.74, 6) is 0.541. The summed E-state index contributed by atoms with van der Waals surface area (Å²) in [4.78, 5) is 50.1. The Morgan fingerprint density at radius 3 is 2.21 bits per heavy atom. The molecule has 1 aliphatic heterocycles. The summed E-state index contributed by atoms with van der Waals surface area (Å²) in [6, 6.07) is -1.34. The summed E-state index contributed by atoms with van der Waals surface area (Å²) in [7, 11) is 0. The fourth-order valence-corrected chi connectivity index (χ4v) is 5.97. The number of nitrogens with zero attached hydrogens (tertiary/aromatic N) is 3. The van der Waals surface area contributed by atoms with Crippen LogP contribution in [0.25, 0.3) is 0 Å². The van der Waals surface area contributed by atoms with Crippen molar-refractivity contribution >= 4 is 17.7 Å². The fourth-order valence-electron chi connectivity index (χ4n) is 5.97. The lowest BCUT2D eigenvalue weighted by Gasteiger charge is -2.36. The van der Waals surface area contributed by atoms with Gasteiger partial charge in [-0.1, -0.05) is 46.5 Å². The molecule has 1 aromatic heterocycles. The molecule has 186 valence electrons. The number of hydrogen-bond donors (Lipinski definition) is 2. The summed E-state index contributed by atoms with van der Waals surface area (Å²) in [6.45, 7) is 7.55. The van der Waals surface area contributed by atoms with Crippen molar-refractivity contribution in [2.24, 2.45) is 23.2 Å². The maximum Gasteiger partial charge on any atom is 0.272 e. The summed E-state index contributed by atoms with van der Waals surface area (Å²) in [6.07, 6.45) is 13.0. The molecule has 1 aromatic rings. The number of fused-ring (bicyclic) bond motifs is 1. The Kier molecular flexibility index (Phi) is 7.53. The molecule has 2 aliphatic carbocycles. The van der Waals surface area contributed by atoms with Crippen molar-refractivity contribution in [1.29, 1.82) is 0 Å². The van der Waals surface area contributed by atoms with Crippen molar-refractivity contribution in [3.8, 4) is 0 Å². The molecule has 8 nitrogen and oxygen atoms in total. The molecule has 4 unspecified atom stereocenters. The van der Waals surface area contributed by atoms with Crippen LogP contribution in [0.15, 0.2) is 18.6 Å². The van der Waals surface area contributed by atoms with Crippen LogP contribution >= 0.6 is 0 Å². The van der Waals surface area contributed by atoms with E-state index in [0.717, 1.165) is 45.2 Å². The Morgan fingerprint density at radius 1 is 0.941 bits per heavy atom. The Labute approximate surface area is 202 Å². The lowest BCUT2D eigenvalue weighted by Crippen LogP contribution is -2.60. The van der Waals surface area contributed by atoms with E-state index >= 15 is 0 Å². The van der Waals surface area contributed by atoms with Crippen LogP contribution in [0.1, 0.15) is 82.6 Å². The maximum atomic E-state index is 13.6. The minimum absolute atomic E-state index is 0.00195. The highest BCUT2D eigenvalue weighted by Gasteiger charge is 2.44. The topological polar surface area (TPSA) is 104 Å². The van der Waals surface area contributed by atoms with Gasteiger partial charge in [0.05, 0.1) is 6.20 Å². The van der Waals surface area contributed by atoms with E-state index in [2.05, 4.69) is 20.6 Å². The second-order valence-corrected chi connectivity index (χ2v) is 11.4. The Morgan fingerprint density at radius 2 is 1.62 bits per heavy atom. The van der Waals surface area contributed by atoms with Gasteiger partial charge in [-0.05, 0) is 48.9 Å². The highest BCUT2D eigenvalue weighted by Crippen LogP contribution is 2.38. The van der Waals surface area contributed by atoms with Gasteiger partial charge < -0.3 is 15.5 Å². The van der Waals surface area contributed by atoms with E-state index in [1.54, 1.807) is 0 Å². The molecule has 8 heteroatoms. The van der Waals surface area contributed by atoms with Gasteiger partial charge in [0.2, 0.25) is 11.8 Å². The van der Waals surface area contributed by atoms with Crippen LogP contribution in [-0.4, -0.2) is 57.8 Å². The molecular weight excluding hydrogens is 430 g/mol. The number of carbonyl (C=O) groups is 3. The van der Waals surface area contributed by atoms with Gasteiger partial charge in [0.15, 0.2) is 0 Å². The normalized spacial score (nSPS) is 24.9. The number of amides is 3. The maximum absolute atomic E-state index is 13.6. The van der Waals surface area contributed by atoms with Crippen LogP contribution in [0, 0.1) is 23.2 Å². The van der Waals surface area contributed by atoms with Gasteiger partial charge in [-0.3, -0.25) is 19.4 Å². The monoisotopic (exact) mass is 469 g/mol. The van der Waals surface area contributed by atoms with Gasteiger partial charge in [0.1, 0.15) is 17.8 Å². The molecular formula is C26H39N5O3. The first-order chi connectivity index (χ1) is 16.2. The summed E-state index contributed by atoms with van der Waals surface area (Å²) in [5.41, 5.74) is -0.264. The van der Waals surface area contributed by atoms with Gasteiger partial charge in [0, 0.05) is 25.5 Å². The third kappa shape index (κ3) is 5.58. The van der Waals surface area contributed by atoms with E-state index in [1.807, 2.05) is 25.7 Å². The fraction of sp³-hybridized carbons (Fsp3) is 0.731. The van der Waals surface area contributed by atoms with Crippen molar-refractivity contribution in [3.05, 3.63) is 24.3 Å². The minimum Gasteiger partial charge on any atom is -0.342 e. The van der Waals surface area contributed by atoms with Crippen molar-refractivity contribution in [1.82, 2.24) is 25.5 Å². The highest BCUT2D eigenvalue weighted by atomic mass is 16.2. The first-order valence-electron chi connectivity index (χ1n) is 12.9. The zero-order valence-corrected chi connectivity index (χ0v) is 20.8. The molecule has 2 saturated carbocycles. The van der Waals surface area contributed by atoms with E-state index in [9.17, 15) is 14.4 Å². The number of aromatic nitrogens is 2. The van der Waals surface area contributed by atoms with Crippen LogP contribution in [0.5, 0.6) is 0 Å². The molecule has 4 rings (SSSR count). The van der Waals surface area contributed by atoms with E-state index in [-0.39, 0.29) is 23.4 Å². The molecule has 4 atom stereocenters. The Hall–Kier alpha value is -2.51. The molecule has 3 aliphatic rings. The summed E-state index contributed by atoms with van der Waals surface area (Å²) >= 11 is 0. The largest absolute Gasteiger partial charge is 0.342 e. The van der Waals surface area contributed by atoms with Crippen molar-refractivity contribution < 1.29 is 14.4 Å². The number of nitrogens with one attached hydrogen (secondary N) is 2. The third-order valence-corrected chi connectivity index (χ3v) is 7.92. The van der Waals surface area contributed by atoms with Gasteiger partial charge >= 0.3 is 0 Å². The highest BCUT2D eigenvalue weighted by molar-refractivity contribution is 5.97. The van der Waals surface area contributed by atoms with Crippen molar-refractivity contribution in [3.63, 3.8) is 0 Å². The van der Waals surface area contributed by atoms with Gasteiger partial charge in [0.25, 0.3) is 5.91 Å². The van der Waals surface area contributed by atoms with Gasteiger partial charge in [-0.15, -0.1) is 0 Å². The van der Waals surface area contributed by atoms with Gasteiger partial charge in [-0.25, -0.2) is 4.98 Å². The molecule has 0 radical (unpaired) electrons. The van der Waals surface area contributed by atoms with Crippen molar-refractivity contribution in [2.45, 2.75) is 84.2 Å². The second kappa shape index (κ2) is 10.4. The molecule has 0 bridgehead atoms. The molecule has 34 heavy (non-hydrogen) atoms. The molecule has 2 N–H and O–H groups in total. The van der Waals surface area contributed by atoms with Crippen LogP contribution in [0.4, 0.5) is 0 Å². The van der Waals surface area contributed by atoms with Crippen LogP contribution in [0.3, 0.4) is 0 Å². The number of likely N-dealkylation sites (tertiary alicyclic amines) is 1. The minimum atomic E-state index is -0.703. The lowest BCUT2D eigenvalue weighted by molar-refractivity contribution is -0.139. The summed E-state index contributed by atoms with van der Waals surface area (Å²) in [5, 5.41) is 5.99. The first-order valence-corrected chi connectivity index (χ1v) is 12.9. The molecule has 2 heterocycles. The zero-order chi connectivity index (χ0) is 24.3. The third-order valence-electron chi connectivity index (χ3n) is 7.92. The number of rotatable bonds is 6. The quantitative estimate of drug-likeness (QED) is 0.667. The Balaban J connectivity index is 1.50. The van der Waals surface area contributed by atoms with Crippen molar-refractivity contribution in [2.75, 3.05) is 13.1 Å². The zero-order valence-electron chi connectivity index (χ0n) is 20.8. The lowest BCUT2D eigenvalue weighted by atomic mass is 9.82. The van der Waals surface area contributed by atoms with Crippen LogP contribution < -0.4 is 10.6 Å².